The fourth-order valence-corrected chi connectivity index (χ4v) is 5.70. The molecule has 1 saturated heterocycles. The fourth-order valence-electron chi connectivity index (χ4n) is 5.70. The zero-order chi connectivity index (χ0) is 25.0. The molecule has 3 fully saturated rings. The first-order chi connectivity index (χ1) is 16.7. The maximum absolute atomic E-state index is 13.9. The smallest absolute Gasteiger partial charge is 0.381 e. The zero-order valence-electron chi connectivity index (χ0n) is 20.3. The standard InChI is InChI=1S/C26H36F3N3O3/c1-35-21-12-14-32(15-13-21)23-11-10-20(16-22(23)26(27,28)29)31-25(34)18-6-8-19(9-7-18)30-24(33)17-4-2-3-5-17/h10-11,16-19,21H,2-9,12-15H2,1H3,(H,30,33)(H,31,34). The largest absolute Gasteiger partial charge is 0.418 e. The number of hydrogen-bond acceptors (Lipinski definition) is 4. The van der Waals surface area contributed by atoms with Crippen molar-refractivity contribution in [1.82, 2.24) is 5.32 Å². The molecule has 1 aromatic carbocycles. The molecule has 1 heterocycles. The van der Waals surface area contributed by atoms with Gasteiger partial charge in [0, 0.05) is 49.5 Å². The van der Waals surface area contributed by atoms with Gasteiger partial charge in [-0.3, -0.25) is 9.59 Å². The number of alkyl halides is 3. The number of rotatable bonds is 6. The van der Waals surface area contributed by atoms with Gasteiger partial charge >= 0.3 is 6.18 Å². The fraction of sp³-hybridized carbons (Fsp3) is 0.692. The number of amides is 2. The number of nitrogens with zero attached hydrogens (tertiary/aromatic N) is 1. The lowest BCUT2D eigenvalue weighted by atomic mass is 9.85. The Balaban J connectivity index is 1.34. The summed E-state index contributed by atoms with van der Waals surface area (Å²) in [5.41, 5.74) is -0.428. The van der Waals surface area contributed by atoms with Crippen LogP contribution in [0.2, 0.25) is 0 Å². The van der Waals surface area contributed by atoms with Crippen LogP contribution in [0.1, 0.15) is 69.8 Å². The minimum Gasteiger partial charge on any atom is -0.381 e. The molecule has 3 aliphatic rings. The number of ether oxygens (including phenoxy) is 1. The molecule has 2 amide bonds. The van der Waals surface area contributed by atoms with Gasteiger partial charge in [0.25, 0.3) is 0 Å². The van der Waals surface area contributed by atoms with E-state index in [0.717, 1.165) is 31.7 Å². The summed E-state index contributed by atoms with van der Waals surface area (Å²) in [7, 11) is 1.62. The van der Waals surface area contributed by atoms with Crippen LogP contribution in [-0.4, -0.2) is 44.2 Å². The third-order valence-corrected chi connectivity index (χ3v) is 7.86. The Hall–Kier alpha value is -2.29. The van der Waals surface area contributed by atoms with E-state index in [1.54, 1.807) is 18.1 Å². The van der Waals surface area contributed by atoms with Crippen LogP contribution in [0.15, 0.2) is 18.2 Å². The van der Waals surface area contributed by atoms with Gasteiger partial charge < -0.3 is 20.3 Å². The molecule has 0 bridgehead atoms. The first-order valence-corrected chi connectivity index (χ1v) is 12.8. The Bertz CT molecular complexity index is 886. The Morgan fingerprint density at radius 2 is 1.54 bits per heavy atom. The van der Waals surface area contributed by atoms with Crippen molar-refractivity contribution in [2.75, 3.05) is 30.4 Å². The summed E-state index contributed by atoms with van der Waals surface area (Å²) in [4.78, 5) is 26.9. The molecule has 0 radical (unpaired) electrons. The Kier molecular flexibility index (Phi) is 8.24. The minimum absolute atomic E-state index is 0.0743. The molecule has 1 aromatic rings. The first kappa shape index (κ1) is 25.8. The topological polar surface area (TPSA) is 70.7 Å². The normalized spacial score (nSPS) is 24.4. The maximum atomic E-state index is 13.9. The summed E-state index contributed by atoms with van der Waals surface area (Å²) < 4.78 is 47.0. The number of benzene rings is 1. The van der Waals surface area contributed by atoms with E-state index in [1.807, 2.05) is 0 Å². The molecule has 1 aliphatic heterocycles. The molecule has 0 unspecified atom stereocenters. The number of carbonyl (C=O) groups excluding carboxylic acids is 2. The van der Waals surface area contributed by atoms with Crippen LogP contribution in [0.3, 0.4) is 0 Å². The van der Waals surface area contributed by atoms with E-state index in [9.17, 15) is 22.8 Å². The molecular weight excluding hydrogens is 459 g/mol. The highest BCUT2D eigenvalue weighted by molar-refractivity contribution is 5.93. The number of nitrogens with one attached hydrogen (secondary N) is 2. The van der Waals surface area contributed by atoms with Crippen molar-refractivity contribution in [1.29, 1.82) is 0 Å². The van der Waals surface area contributed by atoms with Gasteiger partial charge in [-0.1, -0.05) is 12.8 Å². The summed E-state index contributed by atoms with van der Waals surface area (Å²) in [5, 5.41) is 5.84. The van der Waals surface area contributed by atoms with Gasteiger partial charge in [0.1, 0.15) is 0 Å². The van der Waals surface area contributed by atoms with E-state index in [0.29, 0.717) is 51.6 Å². The molecule has 0 aromatic heterocycles. The monoisotopic (exact) mass is 495 g/mol. The summed E-state index contributed by atoms with van der Waals surface area (Å²) in [5.74, 6) is -0.279. The maximum Gasteiger partial charge on any atom is 0.418 e. The number of methoxy groups -OCH3 is 1. The van der Waals surface area contributed by atoms with Gasteiger partial charge in [0.15, 0.2) is 0 Å². The summed E-state index contributed by atoms with van der Waals surface area (Å²) in [6.45, 7) is 0.988. The van der Waals surface area contributed by atoms with E-state index in [4.69, 9.17) is 4.74 Å². The van der Waals surface area contributed by atoms with Crippen LogP contribution >= 0.6 is 0 Å². The third-order valence-electron chi connectivity index (χ3n) is 7.86. The van der Waals surface area contributed by atoms with Crippen LogP contribution in [0.4, 0.5) is 24.5 Å². The number of piperidine rings is 1. The number of anilines is 2. The quantitative estimate of drug-likeness (QED) is 0.575. The molecule has 35 heavy (non-hydrogen) atoms. The lowest BCUT2D eigenvalue weighted by molar-refractivity contribution is -0.137. The summed E-state index contributed by atoms with van der Waals surface area (Å²) >= 11 is 0. The molecule has 2 aliphatic carbocycles. The van der Waals surface area contributed by atoms with Crippen LogP contribution in [0, 0.1) is 11.8 Å². The molecular formula is C26H36F3N3O3. The highest BCUT2D eigenvalue weighted by Crippen LogP contribution is 2.39. The minimum atomic E-state index is -4.52. The first-order valence-electron chi connectivity index (χ1n) is 12.8. The average Bonchev–Trinajstić information content (AvgIpc) is 3.39. The molecule has 2 N–H and O–H groups in total. The SMILES string of the molecule is COC1CCN(c2ccc(NC(=O)C3CCC(NC(=O)C4CCCC4)CC3)cc2C(F)(F)F)CC1. The van der Waals surface area contributed by atoms with E-state index in [-0.39, 0.29) is 47.2 Å². The highest BCUT2D eigenvalue weighted by atomic mass is 19.4. The second-order valence-electron chi connectivity index (χ2n) is 10.2. The van der Waals surface area contributed by atoms with Gasteiger partial charge in [0.2, 0.25) is 11.8 Å². The van der Waals surface area contributed by atoms with E-state index >= 15 is 0 Å². The van der Waals surface area contributed by atoms with Crippen LogP contribution < -0.4 is 15.5 Å². The molecule has 4 rings (SSSR count). The Labute approximate surface area is 205 Å². The van der Waals surface area contributed by atoms with Gasteiger partial charge in [0.05, 0.1) is 11.7 Å². The number of halogens is 3. The van der Waals surface area contributed by atoms with Crippen molar-refractivity contribution in [2.45, 2.75) is 82.5 Å². The predicted molar refractivity (Wildman–Crippen MR) is 128 cm³/mol. The molecule has 6 nitrogen and oxygen atoms in total. The lowest BCUT2D eigenvalue weighted by Gasteiger charge is -2.34. The second-order valence-corrected chi connectivity index (χ2v) is 10.2. The van der Waals surface area contributed by atoms with Gasteiger partial charge in [-0.05, 0) is 69.6 Å². The molecule has 194 valence electrons. The second kappa shape index (κ2) is 11.2. The number of carbonyl (C=O) groups is 2. The zero-order valence-corrected chi connectivity index (χ0v) is 20.3. The average molecular weight is 496 g/mol. The van der Waals surface area contributed by atoms with Crippen LogP contribution in [-0.2, 0) is 20.5 Å². The van der Waals surface area contributed by atoms with Gasteiger partial charge in [-0.2, -0.15) is 13.2 Å². The highest BCUT2D eigenvalue weighted by Gasteiger charge is 2.36. The molecule has 9 heteroatoms. The number of hydrogen-bond donors (Lipinski definition) is 2. The third kappa shape index (κ3) is 6.48. The van der Waals surface area contributed by atoms with Crippen LogP contribution in [0.25, 0.3) is 0 Å². The van der Waals surface area contributed by atoms with Crippen molar-refractivity contribution in [3.63, 3.8) is 0 Å². The van der Waals surface area contributed by atoms with Crippen molar-refractivity contribution >= 4 is 23.2 Å². The van der Waals surface area contributed by atoms with E-state index < -0.39 is 11.7 Å². The van der Waals surface area contributed by atoms with Crippen molar-refractivity contribution in [3.8, 4) is 0 Å². The summed E-state index contributed by atoms with van der Waals surface area (Å²) in [6, 6.07) is 4.13. The Morgan fingerprint density at radius 1 is 0.914 bits per heavy atom. The molecule has 2 saturated carbocycles. The summed E-state index contributed by atoms with van der Waals surface area (Å²) in [6.07, 6.45) is 3.66. The lowest BCUT2D eigenvalue weighted by Crippen LogP contribution is -2.41. The predicted octanol–water partition coefficient (Wildman–Crippen LogP) is 5.12. The molecule has 0 spiro atoms. The molecule has 0 atom stereocenters. The Morgan fingerprint density at radius 3 is 2.14 bits per heavy atom. The van der Waals surface area contributed by atoms with Crippen molar-refractivity contribution in [2.24, 2.45) is 11.8 Å². The van der Waals surface area contributed by atoms with E-state index in [1.165, 1.54) is 6.07 Å². The van der Waals surface area contributed by atoms with Gasteiger partial charge in [-0.15, -0.1) is 0 Å². The van der Waals surface area contributed by atoms with Crippen molar-refractivity contribution in [3.05, 3.63) is 23.8 Å². The van der Waals surface area contributed by atoms with Crippen LogP contribution in [0.5, 0.6) is 0 Å². The van der Waals surface area contributed by atoms with E-state index in [2.05, 4.69) is 10.6 Å². The van der Waals surface area contributed by atoms with Gasteiger partial charge in [-0.25, -0.2) is 0 Å². The van der Waals surface area contributed by atoms with Crippen molar-refractivity contribution < 1.29 is 27.5 Å².